The number of carbonyl (C=O) groups is 1. The molecule has 0 aliphatic heterocycles. The Morgan fingerprint density at radius 2 is 2.27 bits per heavy atom. The maximum Gasteiger partial charge on any atom is 0.158 e. The molecule has 1 aromatic heterocycles. The molecule has 0 fully saturated rings. The zero-order chi connectivity index (χ0) is 10.7. The van der Waals surface area contributed by atoms with Crippen molar-refractivity contribution in [3.05, 3.63) is 47.8 Å². The average molecular weight is 199 g/mol. The topological polar surface area (TPSA) is 30.0 Å². The Balaban J connectivity index is 2.11. The van der Waals surface area contributed by atoms with E-state index >= 15 is 0 Å². The molecule has 2 rings (SSSR count). The summed E-state index contributed by atoms with van der Waals surface area (Å²) in [5, 5.41) is 0. The molecule has 0 atom stereocenters. The first-order valence-electron chi connectivity index (χ1n) is 5.15. The van der Waals surface area contributed by atoms with Crippen molar-refractivity contribution < 1.29 is 4.79 Å². The Labute approximate surface area is 89.3 Å². The van der Waals surface area contributed by atoms with E-state index in [1.807, 2.05) is 37.3 Å². The van der Waals surface area contributed by atoms with Gasteiger partial charge >= 0.3 is 0 Å². The van der Waals surface area contributed by atoms with Gasteiger partial charge in [-0.3, -0.25) is 9.78 Å². The van der Waals surface area contributed by atoms with E-state index in [0.29, 0.717) is 6.42 Å². The molecule has 0 saturated carbocycles. The molecule has 15 heavy (non-hydrogen) atoms. The van der Waals surface area contributed by atoms with Gasteiger partial charge in [-0.25, -0.2) is 0 Å². The second-order valence-electron chi connectivity index (χ2n) is 3.55. The highest BCUT2D eigenvalue weighted by molar-refractivity contribution is 5.99. The number of rotatable bonds is 3. The molecule has 0 unspecified atom stereocenters. The number of pyridine rings is 1. The van der Waals surface area contributed by atoms with Crippen LogP contribution in [0.1, 0.15) is 25.5 Å². The SMILES string of the molecule is CCC(=O)C1=CC=C(c2ccccn2)C1. The van der Waals surface area contributed by atoms with E-state index in [2.05, 4.69) is 4.98 Å². The first-order valence-corrected chi connectivity index (χ1v) is 5.15. The molecule has 0 spiro atoms. The molecule has 0 aromatic carbocycles. The second kappa shape index (κ2) is 4.22. The van der Waals surface area contributed by atoms with Gasteiger partial charge in [0.25, 0.3) is 0 Å². The molecule has 76 valence electrons. The van der Waals surface area contributed by atoms with Crippen molar-refractivity contribution in [3.63, 3.8) is 0 Å². The number of ketones is 1. The summed E-state index contributed by atoms with van der Waals surface area (Å²) in [5.41, 5.74) is 3.00. The fourth-order valence-corrected chi connectivity index (χ4v) is 1.67. The smallest absolute Gasteiger partial charge is 0.158 e. The summed E-state index contributed by atoms with van der Waals surface area (Å²) in [4.78, 5) is 15.7. The fourth-order valence-electron chi connectivity index (χ4n) is 1.67. The lowest BCUT2D eigenvalue weighted by atomic mass is 10.0. The maximum atomic E-state index is 11.5. The fraction of sp³-hybridized carbons (Fsp3) is 0.231. The van der Waals surface area contributed by atoms with E-state index in [1.165, 1.54) is 0 Å². The molecule has 0 bridgehead atoms. The third kappa shape index (κ3) is 2.04. The van der Waals surface area contributed by atoms with E-state index < -0.39 is 0 Å². The van der Waals surface area contributed by atoms with E-state index in [9.17, 15) is 4.79 Å². The lowest BCUT2D eigenvalue weighted by Crippen LogP contribution is -1.98. The quantitative estimate of drug-likeness (QED) is 0.749. The molecule has 0 N–H and O–H groups in total. The molecule has 2 nitrogen and oxygen atoms in total. The maximum absolute atomic E-state index is 11.5. The van der Waals surface area contributed by atoms with Gasteiger partial charge in [0, 0.05) is 19.0 Å². The van der Waals surface area contributed by atoms with Crippen LogP contribution in [0.25, 0.3) is 5.57 Å². The third-order valence-electron chi connectivity index (χ3n) is 2.54. The summed E-state index contributed by atoms with van der Waals surface area (Å²) in [7, 11) is 0. The Hall–Kier alpha value is -1.70. The third-order valence-corrected chi connectivity index (χ3v) is 2.54. The van der Waals surface area contributed by atoms with Gasteiger partial charge in [0.2, 0.25) is 0 Å². The normalized spacial score (nSPS) is 14.7. The summed E-state index contributed by atoms with van der Waals surface area (Å²) in [6, 6.07) is 5.83. The Morgan fingerprint density at radius 1 is 1.40 bits per heavy atom. The van der Waals surface area contributed by atoms with Crippen molar-refractivity contribution in [1.29, 1.82) is 0 Å². The van der Waals surface area contributed by atoms with Crippen LogP contribution in [0.3, 0.4) is 0 Å². The largest absolute Gasteiger partial charge is 0.295 e. The van der Waals surface area contributed by atoms with Crippen molar-refractivity contribution in [2.75, 3.05) is 0 Å². The Morgan fingerprint density at radius 3 is 2.93 bits per heavy atom. The van der Waals surface area contributed by atoms with Crippen molar-refractivity contribution in [3.8, 4) is 0 Å². The van der Waals surface area contributed by atoms with Crippen LogP contribution in [-0.2, 0) is 4.79 Å². The molecule has 2 heteroatoms. The summed E-state index contributed by atoms with van der Waals surface area (Å²) < 4.78 is 0. The van der Waals surface area contributed by atoms with Crippen molar-refractivity contribution in [1.82, 2.24) is 4.98 Å². The van der Waals surface area contributed by atoms with E-state index in [-0.39, 0.29) is 5.78 Å². The van der Waals surface area contributed by atoms with E-state index in [0.717, 1.165) is 23.3 Å². The minimum Gasteiger partial charge on any atom is -0.295 e. The van der Waals surface area contributed by atoms with E-state index in [1.54, 1.807) is 6.20 Å². The zero-order valence-corrected chi connectivity index (χ0v) is 8.73. The van der Waals surface area contributed by atoms with Crippen LogP contribution >= 0.6 is 0 Å². The minimum absolute atomic E-state index is 0.234. The molecule has 0 amide bonds. The zero-order valence-electron chi connectivity index (χ0n) is 8.73. The standard InChI is InChI=1S/C13H13NO/c1-2-13(15)11-7-6-10(9-11)12-5-3-4-8-14-12/h3-8H,2,9H2,1H3. The highest BCUT2D eigenvalue weighted by Gasteiger charge is 2.15. The van der Waals surface area contributed by atoms with Gasteiger partial charge in [-0.15, -0.1) is 0 Å². The molecule has 0 saturated heterocycles. The van der Waals surface area contributed by atoms with Gasteiger partial charge in [-0.05, 0) is 23.3 Å². The lowest BCUT2D eigenvalue weighted by molar-refractivity contribution is -0.115. The molecule has 0 radical (unpaired) electrons. The number of allylic oxidation sites excluding steroid dienone is 4. The number of Topliss-reactive ketones (excluding diaryl/α,β-unsaturated/α-hetero) is 1. The van der Waals surface area contributed by atoms with Crippen LogP contribution < -0.4 is 0 Å². The van der Waals surface area contributed by atoms with Crippen LogP contribution in [0.5, 0.6) is 0 Å². The van der Waals surface area contributed by atoms with Crippen LogP contribution in [-0.4, -0.2) is 10.8 Å². The summed E-state index contributed by atoms with van der Waals surface area (Å²) >= 11 is 0. The number of nitrogens with zero attached hydrogens (tertiary/aromatic N) is 1. The van der Waals surface area contributed by atoms with Gasteiger partial charge in [0.05, 0.1) is 5.69 Å². The van der Waals surface area contributed by atoms with Crippen molar-refractivity contribution >= 4 is 11.4 Å². The van der Waals surface area contributed by atoms with Gasteiger partial charge in [-0.2, -0.15) is 0 Å². The Bertz CT molecular complexity index is 429. The van der Waals surface area contributed by atoms with Crippen molar-refractivity contribution in [2.45, 2.75) is 19.8 Å². The van der Waals surface area contributed by atoms with Crippen molar-refractivity contribution in [2.24, 2.45) is 0 Å². The average Bonchev–Trinajstić information content (AvgIpc) is 2.78. The molecule has 1 aliphatic rings. The molecular weight excluding hydrogens is 186 g/mol. The number of hydrogen-bond acceptors (Lipinski definition) is 2. The van der Waals surface area contributed by atoms with Gasteiger partial charge < -0.3 is 0 Å². The van der Waals surface area contributed by atoms with Crippen LogP contribution in [0.4, 0.5) is 0 Å². The Kier molecular flexibility index (Phi) is 2.77. The lowest BCUT2D eigenvalue weighted by Gasteiger charge is -2.02. The summed E-state index contributed by atoms with van der Waals surface area (Å²) in [5.74, 6) is 0.234. The molecule has 1 aromatic rings. The monoisotopic (exact) mass is 199 g/mol. The summed E-state index contributed by atoms with van der Waals surface area (Å²) in [6.45, 7) is 1.89. The number of carbonyl (C=O) groups excluding carboxylic acids is 1. The predicted octanol–water partition coefficient (Wildman–Crippen LogP) is 2.77. The summed E-state index contributed by atoms with van der Waals surface area (Å²) in [6.07, 6.45) is 6.98. The molecule has 1 aliphatic carbocycles. The number of aromatic nitrogens is 1. The minimum atomic E-state index is 0.234. The predicted molar refractivity (Wildman–Crippen MR) is 60.2 cm³/mol. The first kappa shape index (κ1) is 9.84. The molecule has 1 heterocycles. The first-order chi connectivity index (χ1) is 7.31. The highest BCUT2D eigenvalue weighted by atomic mass is 16.1. The second-order valence-corrected chi connectivity index (χ2v) is 3.55. The van der Waals surface area contributed by atoms with Gasteiger partial charge in [0.15, 0.2) is 5.78 Å². The van der Waals surface area contributed by atoms with E-state index in [4.69, 9.17) is 0 Å². The van der Waals surface area contributed by atoms with Crippen LogP contribution in [0, 0.1) is 0 Å². The van der Waals surface area contributed by atoms with Crippen LogP contribution in [0.15, 0.2) is 42.1 Å². The van der Waals surface area contributed by atoms with Crippen LogP contribution in [0.2, 0.25) is 0 Å². The van der Waals surface area contributed by atoms with Gasteiger partial charge in [-0.1, -0.05) is 25.1 Å². The highest BCUT2D eigenvalue weighted by Crippen LogP contribution is 2.27. The molecular formula is C13H13NO. The number of hydrogen-bond donors (Lipinski definition) is 0. The van der Waals surface area contributed by atoms with Gasteiger partial charge in [0.1, 0.15) is 0 Å².